The van der Waals surface area contributed by atoms with Crippen LogP contribution in [0.25, 0.3) is 0 Å². The predicted octanol–water partition coefficient (Wildman–Crippen LogP) is 3.57. The Morgan fingerprint density at radius 2 is 2.03 bits per heavy atom. The maximum Gasteiger partial charge on any atom is 0.231 e. The van der Waals surface area contributed by atoms with Crippen LogP contribution in [-0.4, -0.2) is 47.8 Å². The summed E-state index contributed by atoms with van der Waals surface area (Å²) in [5.41, 5.74) is 2.10. The zero-order valence-corrected chi connectivity index (χ0v) is 17.9. The first-order valence-electron chi connectivity index (χ1n) is 10.5. The second-order valence-electron chi connectivity index (χ2n) is 7.82. The Labute approximate surface area is 182 Å². The van der Waals surface area contributed by atoms with E-state index in [1.165, 1.54) is 0 Å². The average molecular weight is 421 g/mol. The maximum atomic E-state index is 12.7. The summed E-state index contributed by atoms with van der Waals surface area (Å²) in [5.74, 6) is 3.00. The molecular formula is C24H27N3O4. The summed E-state index contributed by atoms with van der Waals surface area (Å²) in [4.78, 5) is 19.1. The highest BCUT2D eigenvalue weighted by molar-refractivity contribution is 5.79. The Morgan fingerprint density at radius 1 is 1.19 bits per heavy atom. The van der Waals surface area contributed by atoms with E-state index in [2.05, 4.69) is 10.1 Å². The fraction of sp³-hybridized carbons (Fsp3) is 0.375. The lowest BCUT2D eigenvalue weighted by Crippen LogP contribution is -2.29. The molecule has 0 saturated carbocycles. The Balaban J connectivity index is 1.27. The van der Waals surface area contributed by atoms with Gasteiger partial charge in [-0.3, -0.25) is 4.79 Å². The molecule has 31 heavy (non-hydrogen) atoms. The van der Waals surface area contributed by atoms with Gasteiger partial charge < -0.3 is 18.9 Å². The minimum Gasteiger partial charge on any atom is -0.497 e. The number of carbonyl (C=O) groups is 1. The molecule has 2 aromatic carbocycles. The van der Waals surface area contributed by atoms with Crippen molar-refractivity contribution in [2.75, 3.05) is 26.8 Å². The molecule has 1 aliphatic rings. The number of aromatic nitrogens is 2. The van der Waals surface area contributed by atoms with Crippen LogP contribution in [0.2, 0.25) is 0 Å². The number of amides is 1. The average Bonchev–Trinajstić information content (AvgIpc) is 3.44. The largest absolute Gasteiger partial charge is 0.497 e. The summed E-state index contributed by atoms with van der Waals surface area (Å²) in [6.07, 6.45) is 1.75. The molecule has 4 rings (SSSR count). The highest BCUT2D eigenvalue weighted by Gasteiger charge is 2.31. The molecule has 7 nitrogen and oxygen atoms in total. The van der Waals surface area contributed by atoms with Crippen LogP contribution in [0.15, 0.2) is 53.1 Å². The smallest absolute Gasteiger partial charge is 0.231 e. The van der Waals surface area contributed by atoms with Gasteiger partial charge in [0.25, 0.3) is 0 Å². The molecule has 1 fully saturated rings. The van der Waals surface area contributed by atoms with E-state index < -0.39 is 0 Å². The third kappa shape index (κ3) is 5.42. The first-order valence-corrected chi connectivity index (χ1v) is 10.5. The van der Waals surface area contributed by atoms with Gasteiger partial charge in [-0.05, 0) is 48.7 Å². The Bertz CT molecular complexity index is 1030. The fourth-order valence-corrected chi connectivity index (χ4v) is 3.76. The second-order valence-corrected chi connectivity index (χ2v) is 7.82. The summed E-state index contributed by atoms with van der Waals surface area (Å²) in [5, 5.41) is 4.08. The molecule has 1 amide bonds. The van der Waals surface area contributed by atoms with Gasteiger partial charge in [-0.15, -0.1) is 0 Å². The van der Waals surface area contributed by atoms with Crippen molar-refractivity contribution in [2.24, 2.45) is 0 Å². The highest BCUT2D eigenvalue weighted by Crippen LogP contribution is 2.27. The van der Waals surface area contributed by atoms with E-state index in [0.29, 0.717) is 44.3 Å². The van der Waals surface area contributed by atoms with E-state index in [0.717, 1.165) is 29.0 Å². The third-order valence-electron chi connectivity index (χ3n) is 5.45. The molecule has 1 saturated heterocycles. The molecule has 0 N–H and O–H groups in total. The zero-order chi connectivity index (χ0) is 21.6. The van der Waals surface area contributed by atoms with Gasteiger partial charge in [0, 0.05) is 19.5 Å². The van der Waals surface area contributed by atoms with Crippen molar-refractivity contribution >= 4 is 5.91 Å². The summed E-state index contributed by atoms with van der Waals surface area (Å²) in [6.45, 7) is 3.81. The van der Waals surface area contributed by atoms with Gasteiger partial charge in [0.1, 0.15) is 11.5 Å². The first kappa shape index (κ1) is 20.9. The number of rotatable bonds is 8. The zero-order valence-electron chi connectivity index (χ0n) is 17.9. The van der Waals surface area contributed by atoms with Crippen molar-refractivity contribution in [3.8, 4) is 11.5 Å². The van der Waals surface area contributed by atoms with Crippen LogP contribution < -0.4 is 9.47 Å². The first-order chi connectivity index (χ1) is 15.1. The number of hydrogen-bond donors (Lipinski definition) is 0. The van der Waals surface area contributed by atoms with E-state index in [4.69, 9.17) is 14.0 Å². The molecule has 1 unspecified atom stereocenters. The number of nitrogens with zero attached hydrogens (tertiary/aromatic N) is 3. The van der Waals surface area contributed by atoms with Crippen LogP contribution in [0.1, 0.15) is 35.2 Å². The van der Waals surface area contributed by atoms with Crippen LogP contribution in [0.5, 0.6) is 11.5 Å². The van der Waals surface area contributed by atoms with Crippen molar-refractivity contribution in [1.29, 1.82) is 0 Å². The van der Waals surface area contributed by atoms with Gasteiger partial charge in [-0.1, -0.05) is 29.4 Å². The van der Waals surface area contributed by atoms with Crippen LogP contribution >= 0.6 is 0 Å². The Kier molecular flexibility index (Phi) is 6.50. The van der Waals surface area contributed by atoms with E-state index in [1.54, 1.807) is 7.11 Å². The topological polar surface area (TPSA) is 77.7 Å². The quantitative estimate of drug-likeness (QED) is 0.553. The number of benzene rings is 2. The van der Waals surface area contributed by atoms with E-state index in [-0.39, 0.29) is 11.8 Å². The molecule has 1 aliphatic heterocycles. The lowest BCUT2D eigenvalue weighted by molar-refractivity contribution is -0.129. The molecular weight excluding hydrogens is 394 g/mol. The van der Waals surface area contributed by atoms with Gasteiger partial charge in [0.15, 0.2) is 5.82 Å². The monoisotopic (exact) mass is 421 g/mol. The van der Waals surface area contributed by atoms with Gasteiger partial charge >= 0.3 is 0 Å². The van der Waals surface area contributed by atoms with Crippen LogP contribution in [-0.2, 0) is 17.6 Å². The molecule has 0 radical (unpaired) electrons. The molecule has 2 heterocycles. The second kappa shape index (κ2) is 9.64. The van der Waals surface area contributed by atoms with Crippen molar-refractivity contribution < 1.29 is 18.8 Å². The molecule has 162 valence electrons. The van der Waals surface area contributed by atoms with Gasteiger partial charge in [-0.25, -0.2) is 0 Å². The summed E-state index contributed by atoms with van der Waals surface area (Å²) < 4.78 is 16.5. The number of carbonyl (C=O) groups excluding carboxylic acids is 1. The fourth-order valence-electron chi connectivity index (χ4n) is 3.76. The van der Waals surface area contributed by atoms with Crippen molar-refractivity contribution in [1.82, 2.24) is 15.0 Å². The van der Waals surface area contributed by atoms with Gasteiger partial charge in [-0.2, -0.15) is 4.98 Å². The maximum absolute atomic E-state index is 12.7. The molecule has 1 aromatic heterocycles. The normalized spacial score (nSPS) is 15.8. The number of likely N-dealkylation sites (tertiary alicyclic amines) is 1. The number of hydrogen-bond acceptors (Lipinski definition) is 6. The minimum absolute atomic E-state index is 0.0770. The van der Waals surface area contributed by atoms with Crippen LogP contribution in [0, 0.1) is 6.92 Å². The SMILES string of the molecule is COc1cccc(CC(=O)N2CCC(c3nc(CCOc4cccc(C)c4)no3)C2)c1. The number of aryl methyl sites for hydroxylation is 1. The third-order valence-corrected chi connectivity index (χ3v) is 5.45. The molecule has 0 spiro atoms. The van der Waals surface area contributed by atoms with Crippen LogP contribution in [0.4, 0.5) is 0 Å². The van der Waals surface area contributed by atoms with E-state index in [1.807, 2.05) is 60.4 Å². The summed E-state index contributed by atoms with van der Waals surface area (Å²) >= 11 is 0. The van der Waals surface area contributed by atoms with E-state index in [9.17, 15) is 4.79 Å². The molecule has 0 aliphatic carbocycles. The molecule has 7 heteroatoms. The lowest BCUT2D eigenvalue weighted by Gasteiger charge is -2.16. The van der Waals surface area contributed by atoms with Gasteiger partial charge in [0.05, 0.1) is 26.1 Å². The molecule has 0 bridgehead atoms. The lowest BCUT2D eigenvalue weighted by atomic mass is 10.1. The van der Waals surface area contributed by atoms with Crippen molar-refractivity contribution in [3.63, 3.8) is 0 Å². The Morgan fingerprint density at radius 3 is 2.87 bits per heavy atom. The van der Waals surface area contributed by atoms with Gasteiger partial charge in [0.2, 0.25) is 11.8 Å². The van der Waals surface area contributed by atoms with Crippen molar-refractivity contribution in [2.45, 2.75) is 32.1 Å². The molecule has 1 atom stereocenters. The van der Waals surface area contributed by atoms with Crippen LogP contribution in [0.3, 0.4) is 0 Å². The number of methoxy groups -OCH3 is 1. The van der Waals surface area contributed by atoms with Crippen molar-refractivity contribution in [3.05, 3.63) is 71.4 Å². The highest BCUT2D eigenvalue weighted by atomic mass is 16.5. The number of ether oxygens (including phenoxy) is 2. The van der Waals surface area contributed by atoms with E-state index >= 15 is 0 Å². The Hall–Kier alpha value is -3.35. The summed E-state index contributed by atoms with van der Waals surface area (Å²) in [7, 11) is 1.62. The predicted molar refractivity (Wildman–Crippen MR) is 115 cm³/mol. The standard InChI is InChI=1S/C24H27N3O4/c1-17-5-3-8-21(13-17)30-12-10-22-25-24(31-26-22)19-9-11-27(16-19)23(28)15-18-6-4-7-20(14-18)29-2/h3-8,13-14,19H,9-12,15-16H2,1-2H3. The molecule has 3 aromatic rings. The minimum atomic E-state index is 0.0770. The summed E-state index contributed by atoms with van der Waals surface area (Å²) in [6, 6.07) is 15.5.